The van der Waals surface area contributed by atoms with Crippen molar-refractivity contribution in [2.75, 3.05) is 18.5 Å². The number of unbranched alkanes of at least 4 members (excludes halogenated alkanes) is 1. The topological polar surface area (TPSA) is 66.5 Å². The van der Waals surface area contributed by atoms with Crippen LogP contribution in [0.15, 0.2) is 47.4 Å². The van der Waals surface area contributed by atoms with Gasteiger partial charge < -0.3 is 4.90 Å². The molecule has 0 bridgehead atoms. The number of benzene rings is 2. The van der Waals surface area contributed by atoms with E-state index in [1.165, 1.54) is 23.1 Å². The third-order valence-corrected chi connectivity index (χ3v) is 5.99. The lowest BCUT2D eigenvalue weighted by atomic mass is 10.1. The summed E-state index contributed by atoms with van der Waals surface area (Å²) in [5.41, 5.74) is 2.52. The summed E-state index contributed by atoms with van der Waals surface area (Å²) in [4.78, 5) is 13.4. The van der Waals surface area contributed by atoms with Gasteiger partial charge in [-0.2, -0.15) is 0 Å². The number of anilines is 1. The monoisotopic (exact) mass is 376 g/mol. The molecule has 1 aliphatic heterocycles. The Morgan fingerprint density at radius 3 is 2.58 bits per heavy atom. The Morgan fingerprint density at radius 2 is 1.85 bits per heavy atom. The summed E-state index contributed by atoms with van der Waals surface area (Å²) in [7, 11) is -1.91. The molecule has 0 radical (unpaired) electrons. The summed E-state index contributed by atoms with van der Waals surface area (Å²) in [5, 5.41) is 0. The second-order valence-corrected chi connectivity index (χ2v) is 8.17. The molecular weight excluding hydrogens is 355 g/mol. The molecule has 0 aliphatic carbocycles. The first-order chi connectivity index (χ1) is 12.4. The minimum Gasteiger partial charge on any atom is -0.315 e. The largest absolute Gasteiger partial charge is 0.315 e. The Balaban J connectivity index is 1.52. The molecule has 7 heteroatoms. The highest BCUT2D eigenvalue weighted by Gasteiger charge is 2.26. The molecule has 0 unspecified atom stereocenters. The maximum atomic E-state index is 12.8. The third kappa shape index (κ3) is 4.11. The molecule has 1 heterocycles. The Kier molecular flexibility index (Phi) is 5.38. The molecule has 1 aliphatic rings. The molecule has 1 amide bonds. The zero-order valence-corrected chi connectivity index (χ0v) is 15.4. The number of fused-ring (bicyclic) bond motifs is 1. The van der Waals surface area contributed by atoms with Crippen molar-refractivity contribution < 1.29 is 17.6 Å². The lowest BCUT2D eigenvalue weighted by Crippen LogP contribution is -2.25. The number of sulfonamides is 1. The van der Waals surface area contributed by atoms with Gasteiger partial charge in [0.15, 0.2) is 0 Å². The van der Waals surface area contributed by atoms with E-state index in [1.807, 2.05) is 0 Å². The molecule has 1 N–H and O–H groups in total. The van der Waals surface area contributed by atoms with Crippen LogP contribution in [0.5, 0.6) is 0 Å². The van der Waals surface area contributed by atoms with E-state index >= 15 is 0 Å². The molecule has 0 aromatic heterocycles. The van der Waals surface area contributed by atoms with Gasteiger partial charge in [0.05, 0.1) is 11.3 Å². The van der Waals surface area contributed by atoms with Gasteiger partial charge in [0.25, 0.3) is 0 Å². The van der Waals surface area contributed by atoms with Crippen LogP contribution in [-0.4, -0.2) is 27.9 Å². The van der Waals surface area contributed by atoms with E-state index in [9.17, 15) is 17.6 Å². The predicted octanol–water partition coefficient (Wildman–Crippen LogP) is 2.65. The average molecular weight is 376 g/mol. The average Bonchev–Trinajstić information content (AvgIpc) is 2.90. The van der Waals surface area contributed by atoms with Gasteiger partial charge in [0.2, 0.25) is 15.9 Å². The molecule has 0 spiro atoms. The van der Waals surface area contributed by atoms with Crippen molar-refractivity contribution in [3.8, 4) is 0 Å². The molecule has 5 nitrogen and oxygen atoms in total. The van der Waals surface area contributed by atoms with Crippen LogP contribution >= 0.6 is 0 Å². The standard InChI is InChI=1S/C19H21FN2O3S/c1-22-18-10-9-17(12-15(18)13-19(22)23)26(24,25)21-11-3-2-4-14-5-7-16(20)8-6-14/h5-10,12,21H,2-4,11,13H2,1H3. The van der Waals surface area contributed by atoms with E-state index < -0.39 is 10.0 Å². The normalized spacial score (nSPS) is 13.9. The Morgan fingerprint density at radius 1 is 1.12 bits per heavy atom. The number of nitrogens with zero attached hydrogens (tertiary/aromatic N) is 1. The van der Waals surface area contributed by atoms with Gasteiger partial charge in [-0.15, -0.1) is 0 Å². The number of rotatable bonds is 7. The number of carbonyl (C=O) groups excluding carboxylic acids is 1. The van der Waals surface area contributed by atoms with Crippen LogP contribution in [0.1, 0.15) is 24.0 Å². The minimum atomic E-state index is -3.60. The second-order valence-electron chi connectivity index (χ2n) is 6.40. The van der Waals surface area contributed by atoms with Gasteiger partial charge in [0.1, 0.15) is 5.82 Å². The van der Waals surface area contributed by atoms with E-state index in [1.54, 1.807) is 31.3 Å². The van der Waals surface area contributed by atoms with Crippen molar-refractivity contribution in [1.29, 1.82) is 0 Å². The highest BCUT2D eigenvalue weighted by atomic mass is 32.2. The molecule has 0 fully saturated rings. The van der Waals surface area contributed by atoms with Crippen molar-refractivity contribution in [3.05, 3.63) is 59.4 Å². The summed E-state index contributed by atoms with van der Waals surface area (Å²) in [6.45, 7) is 0.333. The summed E-state index contributed by atoms with van der Waals surface area (Å²) < 4.78 is 40.3. The maximum Gasteiger partial charge on any atom is 0.240 e. The van der Waals surface area contributed by atoms with Crippen molar-refractivity contribution in [2.24, 2.45) is 0 Å². The second kappa shape index (κ2) is 7.55. The van der Waals surface area contributed by atoms with Gasteiger partial charge in [-0.05, 0) is 60.7 Å². The number of amides is 1. The zero-order valence-electron chi connectivity index (χ0n) is 14.5. The number of hydrogen-bond acceptors (Lipinski definition) is 3. The van der Waals surface area contributed by atoms with Crippen LogP contribution in [0, 0.1) is 5.82 Å². The molecule has 138 valence electrons. The maximum absolute atomic E-state index is 12.8. The van der Waals surface area contributed by atoms with E-state index in [2.05, 4.69) is 4.72 Å². The molecule has 0 atom stereocenters. The number of hydrogen-bond donors (Lipinski definition) is 1. The Labute approximate surface area is 152 Å². The highest BCUT2D eigenvalue weighted by molar-refractivity contribution is 7.89. The fraction of sp³-hybridized carbons (Fsp3) is 0.316. The summed E-state index contributed by atoms with van der Waals surface area (Å²) in [5.74, 6) is -0.299. The van der Waals surface area contributed by atoms with E-state index in [0.717, 1.165) is 29.7 Å². The Hall–Kier alpha value is -2.25. The first-order valence-electron chi connectivity index (χ1n) is 8.50. The fourth-order valence-electron chi connectivity index (χ4n) is 3.01. The molecule has 0 saturated carbocycles. The molecule has 2 aromatic carbocycles. The molecule has 2 aromatic rings. The van der Waals surface area contributed by atoms with Crippen LogP contribution in [0.3, 0.4) is 0 Å². The lowest BCUT2D eigenvalue weighted by molar-refractivity contribution is -0.117. The molecular formula is C19H21FN2O3S. The van der Waals surface area contributed by atoms with Crippen molar-refractivity contribution in [1.82, 2.24) is 4.72 Å². The number of likely N-dealkylation sites (N-methyl/N-ethyl adjacent to an activating group) is 1. The van der Waals surface area contributed by atoms with Crippen molar-refractivity contribution in [3.63, 3.8) is 0 Å². The van der Waals surface area contributed by atoms with Crippen LogP contribution < -0.4 is 9.62 Å². The van der Waals surface area contributed by atoms with E-state index in [0.29, 0.717) is 13.0 Å². The van der Waals surface area contributed by atoms with Crippen LogP contribution in [0.4, 0.5) is 10.1 Å². The Bertz CT molecular complexity index is 911. The van der Waals surface area contributed by atoms with Gasteiger partial charge in [-0.25, -0.2) is 17.5 Å². The quantitative estimate of drug-likeness (QED) is 0.756. The first-order valence-corrected chi connectivity index (χ1v) is 9.99. The zero-order chi connectivity index (χ0) is 18.7. The number of aryl methyl sites for hydroxylation is 1. The van der Waals surface area contributed by atoms with E-state index in [-0.39, 0.29) is 23.0 Å². The van der Waals surface area contributed by atoms with Gasteiger partial charge in [-0.3, -0.25) is 4.79 Å². The number of carbonyl (C=O) groups is 1. The summed E-state index contributed by atoms with van der Waals surface area (Å²) >= 11 is 0. The fourth-order valence-corrected chi connectivity index (χ4v) is 4.13. The lowest BCUT2D eigenvalue weighted by Gasteiger charge is -2.11. The highest BCUT2D eigenvalue weighted by Crippen LogP contribution is 2.29. The van der Waals surface area contributed by atoms with Gasteiger partial charge >= 0.3 is 0 Å². The van der Waals surface area contributed by atoms with Crippen LogP contribution in [-0.2, 0) is 27.7 Å². The SMILES string of the molecule is CN1C(=O)Cc2cc(S(=O)(=O)NCCCCc3ccc(F)cc3)ccc21. The number of halogens is 1. The van der Waals surface area contributed by atoms with Crippen molar-refractivity contribution in [2.45, 2.75) is 30.6 Å². The molecule has 0 saturated heterocycles. The summed E-state index contributed by atoms with van der Waals surface area (Å²) in [6.07, 6.45) is 2.49. The smallest absolute Gasteiger partial charge is 0.240 e. The van der Waals surface area contributed by atoms with Crippen LogP contribution in [0.25, 0.3) is 0 Å². The molecule has 26 heavy (non-hydrogen) atoms. The minimum absolute atomic E-state index is 0.0386. The third-order valence-electron chi connectivity index (χ3n) is 4.54. The molecule has 3 rings (SSSR count). The summed E-state index contributed by atoms with van der Waals surface area (Å²) in [6, 6.07) is 11.1. The number of nitrogens with one attached hydrogen (secondary N) is 1. The van der Waals surface area contributed by atoms with Crippen molar-refractivity contribution >= 4 is 21.6 Å². The van der Waals surface area contributed by atoms with Gasteiger partial charge in [0, 0.05) is 19.3 Å². The van der Waals surface area contributed by atoms with Gasteiger partial charge in [-0.1, -0.05) is 12.1 Å². The van der Waals surface area contributed by atoms with E-state index in [4.69, 9.17) is 0 Å². The first kappa shape index (κ1) is 18.5. The van der Waals surface area contributed by atoms with Crippen LogP contribution in [0.2, 0.25) is 0 Å². The predicted molar refractivity (Wildman–Crippen MR) is 98.1 cm³/mol.